The SMILES string of the molecule is CCCCCCCCCCCCc1cccc(S(=O)(=O)[O-])c1.O=C([O-])[O-].O=P([O-])([O-])OP(=O)([O-])OP(=O)([O-])[O-].O=S(=O)([N-]Cl)c1ccccc1.O=S(=O)([O-])[O-].O=[Si]([O-])[O-].[Na+].[Na+].[Na+].[Na+].[Na+].[Na+].[Na+].[Na+].[Na+].[Na+].[Na+].[Na+].[Na+].[Na+]. The zero-order valence-electron chi connectivity index (χ0n) is 44.1. The van der Waals surface area contributed by atoms with Crippen molar-refractivity contribution in [1.82, 2.24) is 0 Å². The first-order valence-electron chi connectivity index (χ1n) is 15.5. The topological polar surface area (TPSA) is 497 Å². The number of rotatable bonds is 18. The van der Waals surface area contributed by atoms with E-state index < -0.39 is 69.3 Å². The minimum absolute atomic E-state index is 0. The minimum atomic E-state index is -5.97. The summed E-state index contributed by atoms with van der Waals surface area (Å²) >= 11 is 4.86. The van der Waals surface area contributed by atoms with Crippen molar-refractivity contribution < 1.29 is 529 Å². The number of unbranched alkanes of at least 4 members (excludes halogenated alkanes) is 9. The number of hydrogen-bond donors (Lipinski definition) is 0. The summed E-state index contributed by atoms with van der Waals surface area (Å²) in [5.74, 6) is 0. The fraction of sp³-hybridized carbons (Fsp3) is 0.480. The van der Waals surface area contributed by atoms with Crippen LogP contribution in [0.15, 0.2) is 64.4 Å². The first-order chi connectivity index (χ1) is 26.6. The van der Waals surface area contributed by atoms with Gasteiger partial charge in [0.2, 0.25) is 0 Å². The van der Waals surface area contributed by atoms with Crippen LogP contribution in [0.2, 0.25) is 0 Å². The number of carbonyl (C=O) groups is 1. The van der Waals surface area contributed by atoms with Crippen LogP contribution in [0, 0.1) is 0 Å². The van der Waals surface area contributed by atoms with Gasteiger partial charge in [0.15, 0.2) is 0 Å². The molecule has 0 heterocycles. The second-order valence-electron chi connectivity index (χ2n) is 10.3. The molecule has 0 bridgehead atoms. The first kappa shape index (κ1) is 133. The van der Waals surface area contributed by atoms with Gasteiger partial charge >= 0.3 is 414 Å². The van der Waals surface area contributed by atoms with Gasteiger partial charge in [0.1, 0.15) is 20.1 Å². The normalized spacial score (nSPS) is 9.29. The van der Waals surface area contributed by atoms with Crippen LogP contribution in [-0.2, 0) is 63.7 Å². The van der Waals surface area contributed by atoms with Crippen molar-refractivity contribution in [2.75, 3.05) is 0 Å². The van der Waals surface area contributed by atoms with Gasteiger partial charge in [-0.2, -0.15) is 0 Å². The molecule has 0 radical (unpaired) electrons. The van der Waals surface area contributed by atoms with Gasteiger partial charge in [-0.05, 0) is 48.8 Å². The Labute approximate surface area is 744 Å². The van der Waals surface area contributed by atoms with Crippen molar-refractivity contribution in [3.63, 3.8) is 0 Å². The number of carboxylic acid groups (broad SMARTS) is 2. The van der Waals surface area contributed by atoms with Crippen molar-refractivity contribution in [2.45, 2.75) is 87.3 Å². The predicted molar refractivity (Wildman–Crippen MR) is 180 cm³/mol. The van der Waals surface area contributed by atoms with Crippen LogP contribution in [0.4, 0.5) is 4.79 Å². The molecule has 346 valence electrons. The third-order valence-electron chi connectivity index (χ3n) is 5.54. The van der Waals surface area contributed by atoms with Crippen LogP contribution >= 0.6 is 35.2 Å². The van der Waals surface area contributed by atoms with Crippen LogP contribution in [0.5, 0.6) is 0 Å². The van der Waals surface area contributed by atoms with Crippen LogP contribution in [-0.4, -0.2) is 54.2 Å². The molecule has 0 N–H and O–H groups in total. The second-order valence-corrected chi connectivity index (χ2v) is 19.0. The van der Waals surface area contributed by atoms with Crippen molar-refractivity contribution in [1.29, 1.82) is 0 Å². The Bertz CT molecular complexity index is 1960. The Hall–Kier alpha value is 11.7. The summed E-state index contributed by atoms with van der Waals surface area (Å²) < 4.78 is 135. The molecule has 0 atom stereocenters. The number of aryl methyl sites for hydroxylation is 1. The zero-order valence-corrected chi connectivity index (χ0v) is 79.0. The van der Waals surface area contributed by atoms with E-state index in [2.05, 4.69) is 19.8 Å². The van der Waals surface area contributed by atoms with E-state index in [4.69, 9.17) is 58.4 Å². The summed E-state index contributed by atoms with van der Waals surface area (Å²) in [7, 11) is -34.6. The molecule has 0 saturated heterocycles. The monoisotopic (exact) mass is 1320 g/mol. The summed E-state index contributed by atoms with van der Waals surface area (Å²) in [6.07, 6.45) is 11.3. The largest absolute Gasteiger partial charge is 1.00 e. The zero-order chi connectivity index (χ0) is 47.2. The minimum Gasteiger partial charge on any atom is -0.790 e. The van der Waals surface area contributed by atoms with Gasteiger partial charge < -0.3 is 80.6 Å². The Morgan fingerprint density at radius 3 is 1.10 bits per heavy atom. The third kappa shape index (κ3) is 118. The van der Waals surface area contributed by atoms with Crippen molar-refractivity contribution >= 4 is 81.1 Å². The van der Waals surface area contributed by atoms with E-state index in [0.29, 0.717) is 0 Å². The average molecular weight is 1320 g/mol. The number of hydrogen-bond acceptors (Lipinski definition) is 25. The van der Waals surface area contributed by atoms with Gasteiger partial charge in [-0.15, -0.1) is 0 Å². The molecule has 0 aliphatic heterocycles. The molecule has 0 unspecified atom stereocenters. The average Bonchev–Trinajstić information content (AvgIpc) is 3.03. The number of sulfonamides is 1. The number of benzene rings is 2. The molecule has 0 saturated carbocycles. The van der Waals surface area contributed by atoms with E-state index >= 15 is 0 Å². The van der Waals surface area contributed by atoms with Gasteiger partial charge in [0.25, 0.3) is 7.82 Å². The van der Waals surface area contributed by atoms with Gasteiger partial charge in [0, 0.05) is 24.5 Å². The molecular weight excluding hydrogens is 1290 g/mol. The summed E-state index contributed by atoms with van der Waals surface area (Å²) in [6, 6.07) is 14.2. The molecule has 0 aromatic heterocycles. The van der Waals surface area contributed by atoms with E-state index in [1.54, 1.807) is 24.3 Å². The molecule has 0 fully saturated rings. The summed E-state index contributed by atoms with van der Waals surface area (Å²) in [5.41, 5.74) is 0.941. The Morgan fingerprint density at radius 2 is 0.836 bits per heavy atom. The molecule has 26 nitrogen and oxygen atoms in total. The van der Waals surface area contributed by atoms with Crippen molar-refractivity contribution in [2.24, 2.45) is 0 Å². The van der Waals surface area contributed by atoms with E-state index in [1.807, 2.05) is 6.07 Å². The maximum atomic E-state index is 11.0. The third-order valence-corrected chi connectivity index (χ3v) is 11.2. The Kier molecular flexibility index (Phi) is 142. The van der Waals surface area contributed by atoms with Gasteiger partial charge in [0.05, 0.1) is 20.5 Å². The first-order valence-corrected chi connectivity index (χ1v) is 25.6. The number of nitrogens with zero attached hydrogens (tertiary/aromatic N) is 1. The van der Waals surface area contributed by atoms with Crippen LogP contribution in [0.25, 0.3) is 4.24 Å². The molecule has 2 aromatic rings. The number of phosphoric acid groups is 3. The second kappa shape index (κ2) is 78.0. The molecule has 0 aliphatic rings. The predicted octanol–water partition coefficient (Wildman–Crippen LogP) is -45.5. The molecule has 2 aromatic carbocycles. The van der Waals surface area contributed by atoms with Crippen LogP contribution in [0.3, 0.4) is 0 Å². The van der Waals surface area contributed by atoms with Crippen molar-refractivity contribution in [3.8, 4) is 0 Å². The Morgan fingerprint density at radius 1 is 0.562 bits per heavy atom. The molecule has 0 aliphatic carbocycles. The van der Waals surface area contributed by atoms with Gasteiger partial charge in [-0.25, -0.2) is 16.8 Å². The van der Waals surface area contributed by atoms with E-state index in [1.165, 1.54) is 82.1 Å². The molecule has 48 heteroatoms. The van der Waals surface area contributed by atoms with Crippen LogP contribution < -0.4 is 458 Å². The quantitative estimate of drug-likeness (QED) is 0.0440. The summed E-state index contributed by atoms with van der Waals surface area (Å²) in [5, 5.41) is 16.7. The maximum absolute atomic E-state index is 11.0. The van der Waals surface area contributed by atoms with Gasteiger partial charge in [-0.1, -0.05) is 95.0 Å². The van der Waals surface area contributed by atoms with E-state index in [0.717, 1.165) is 18.4 Å². The maximum Gasteiger partial charge on any atom is 1.00 e. The molecule has 0 spiro atoms. The summed E-state index contributed by atoms with van der Waals surface area (Å²) in [6.45, 7) is 2.24. The smallest absolute Gasteiger partial charge is 0.790 e. The fourth-order valence-electron chi connectivity index (χ4n) is 3.57. The van der Waals surface area contributed by atoms with Crippen LogP contribution in [0.1, 0.15) is 76.7 Å². The summed E-state index contributed by atoms with van der Waals surface area (Å²) in [4.78, 5) is 74.0. The van der Waals surface area contributed by atoms with E-state index in [9.17, 15) is 59.6 Å². The molecular formula is C25H34ClNNa14O25P3S3Si+. The molecule has 0 amide bonds. The van der Waals surface area contributed by atoms with Crippen molar-refractivity contribution in [3.05, 3.63) is 64.4 Å². The van der Waals surface area contributed by atoms with E-state index in [-0.39, 0.29) is 424 Å². The fourth-order valence-corrected chi connectivity index (χ4v) is 7.27. The Balaban J connectivity index is -0.0000000328. The number of carbonyl (C=O) groups excluding carboxylic acids is 1. The van der Waals surface area contributed by atoms with Gasteiger partial charge in [-0.3, -0.25) is 33.4 Å². The number of halogens is 1. The molecule has 73 heavy (non-hydrogen) atoms. The molecule has 2 rings (SSSR count). The standard InChI is InChI=1S/C18H30O3S.C6H5ClNO2S.CH2O3.14Na.H5O10P3.H2O4S.O3Si/c1-2-3-4-5-6-7-8-9-10-11-13-17-14-12-15-18(16-17)22(19,20)21;7-8-11(9,10)6-4-2-1-3-5-6;2-1(3)4;;;;;;;;;;;;;;;1-11(2,3)9-13(7,8)10-12(4,5)6;1-5(2,3)4;1-4(2)3/h12,14-16H,2-11,13H2,1H3,(H,19,20,21);1-5H;(H2,2,3,4);;;;;;;;;;;;;;;(H,7,8)(H2,1,2,3)(H2,4,5,6);(H2,1,2,3,4);/q;-1;;14*+1;;;-2/p-10.